The number of H-pyrrole nitrogens is 1. The van der Waals surface area contributed by atoms with Gasteiger partial charge in [-0.2, -0.15) is 0 Å². The average Bonchev–Trinajstić information content (AvgIpc) is 3.33. The Kier molecular flexibility index (Phi) is 3.94. The molecule has 8 nitrogen and oxygen atoms in total. The predicted octanol–water partition coefficient (Wildman–Crippen LogP) is 3.71. The average molecular weight is 388 g/mol. The summed E-state index contributed by atoms with van der Waals surface area (Å²) in [6.07, 6.45) is 3.04. The van der Waals surface area contributed by atoms with Gasteiger partial charge >= 0.3 is 0 Å². The highest BCUT2D eigenvalue weighted by Gasteiger charge is 2.20. The van der Waals surface area contributed by atoms with Gasteiger partial charge in [0, 0.05) is 11.8 Å². The van der Waals surface area contributed by atoms with Crippen molar-refractivity contribution in [1.82, 2.24) is 34.5 Å². The molecule has 144 valence electrons. The van der Waals surface area contributed by atoms with Gasteiger partial charge in [0.2, 0.25) is 0 Å². The second kappa shape index (κ2) is 6.62. The number of hydrogen-bond donors (Lipinski definition) is 2. The Hall–Kier alpha value is -3.88. The number of anilines is 1. The molecule has 5 rings (SSSR count). The summed E-state index contributed by atoms with van der Waals surface area (Å²) in [5.74, 6) is 1.62. The number of benzene rings is 1. The summed E-state index contributed by atoms with van der Waals surface area (Å²) < 4.78 is 15.9. The number of nitrogens with one attached hydrogen (secondary N) is 2. The van der Waals surface area contributed by atoms with Crippen molar-refractivity contribution < 1.29 is 4.39 Å². The number of hydrogen-bond acceptors (Lipinski definition) is 6. The quantitative estimate of drug-likeness (QED) is 0.487. The molecule has 0 radical (unpaired) electrons. The first-order valence-corrected chi connectivity index (χ1v) is 9.13. The van der Waals surface area contributed by atoms with Crippen LogP contribution in [-0.4, -0.2) is 34.5 Å². The number of fused-ring (bicyclic) bond motifs is 2. The molecule has 0 bridgehead atoms. The number of nitrogens with zero attached hydrogens (tertiary/aromatic N) is 6. The molecule has 4 aromatic heterocycles. The van der Waals surface area contributed by atoms with Crippen LogP contribution in [0.4, 0.5) is 10.2 Å². The molecule has 0 saturated carbocycles. The normalized spacial score (nSPS) is 12.5. The van der Waals surface area contributed by atoms with Crippen LogP contribution in [0.5, 0.6) is 0 Å². The lowest BCUT2D eigenvalue weighted by Gasteiger charge is -2.16. The van der Waals surface area contributed by atoms with Gasteiger partial charge < -0.3 is 10.3 Å². The first kappa shape index (κ1) is 17.2. The van der Waals surface area contributed by atoms with Gasteiger partial charge in [0.05, 0.1) is 23.4 Å². The van der Waals surface area contributed by atoms with Gasteiger partial charge in [-0.1, -0.05) is 6.07 Å². The molecule has 9 heteroatoms. The van der Waals surface area contributed by atoms with Crippen LogP contribution in [0.3, 0.4) is 0 Å². The monoisotopic (exact) mass is 388 g/mol. The molecule has 2 N–H and O–H groups in total. The molecular formula is C20H17FN8. The minimum Gasteiger partial charge on any atom is -0.358 e. The fraction of sp³-hybridized carbons (Fsp3) is 0.150. The third-order valence-corrected chi connectivity index (χ3v) is 4.70. The van der Waals surface area contributed by atoms with Crippen molar-refractivity contribution in [3.05, 3.63) is 66.4 Å². The fourth-order valence-corrected chi connectivity index (χ4v) is 3.39. The lowest BCUT2D eigenvalue weighted by atomic mass is 10.3. The number of rotatable bonds is 4. The van der Waals surface area contributed by atoms with Crippen LogP contribution in [0.15, 0.2) is 49.1 Å². The van der Waals surface area contributed by atoms with E-state index >= 15 is 0 Å². The first-order chi connectivity index (χ1) is 14.1. The van der Waals surface area contributed by atoms with E-state index in [2.05, 4.69) is 30.2 Å². The highest BCUT2D eigenvalue weighted by atomic mass is 19.1. The van der Waals surface area contributed by atoms with E-state index in [1.807, 2.05) is 36.6 Å². The topological polar surface area (TPSA) is 97.2 Å². The van der Waals surface area contributed by atoms with Crippen LogP contribution in [0.1, 0.15) is 24.5 Å². The number of pyridine rings is 1. The summed E-state index contributed by atoms with van der Waals surface area (Å²) in [5, 5.41) is 3.35. The van der Waals surface area contributed by atoms with Crippen LogP contribution in [0.2, 0.25) is 0 Å². The van der Waals surface area contributed by atoms with Crippen LogP contribution in [0.25, 0.3) is 28.0 Å². The van der Waals surface area contributed by atoms with Crippen molar-refractivity contribution in [2.24, 2.45) is 0 Å². The molecule has 0 aliphatic rings. The molecule has 1 atom stereocenters. The Morgan fingerprint density at radius 3 is 2.86 bits per heavy atom. The number of halogens is 1. The molecule has 5 aromatic rings. The highest BCUT2D eigenvalue weighted by molar-refractivity contribution is 5.82. The van der Waals surface area contributed by atoms with Crippen molar-refractivity contribution >= 4 is 28.0 Å². The van der Waals surface area contributed by atoms with Crippen LogP contribution in [-0.2, 0) is 0 Å². The molecule has 0 saturated heterocycles. The smallest absolute Gasteiger partial charge is 0.162 e. The van der Waals surface area contributed by atoms with Gasteiger partial charge in [-0.15, -0.1) is 0 Å². The van der Waals surface area contributed by atoms with Crippen LogP contribution < -0.4 is 5.32 Å². The zero-order chi connectivity index (χ0) is 20.0. The van der Waals surface area contributed by atoms with E-state index in [-0.39, 0.29) is 11.9 Å². The van der Waals surface area contributed by atoms with E-state index in [4.69, 9.17) is 4.98 Å². The summed E-state index contributed by atoms with van der Waals surface area (Å²) in [5.41, 5.74) is 3.49. The number of aromatic amines is 1. The second-order valence-corrected chi connectivity index (χ2v) is 6.76. The Morgan fingerprint density at radius 1 is 1.10 bits per heavy atom. The summed E-state index contributed by atoms with van der Waals surface area (Å²) in [6, 6.07) is 10.0. The van der Waals surface area contributed by atoms with Crippen LogP contribution >= 0.6 is 0 Å². The largest absolute Gasteiger partial charge is 0.358 e. The lowest BCUT2D eigenvalue weighted by Crippen LogP contribution is -2.15. The maximum atomic E-state index is 14.0. The molecule has 0 amide bonds. The summed E-state index contributed by atoms with van der Waals surface area (Å²) in [6.45, 7) is 3.88. The molecule has 0 spiro atoms. The Morgan fingerprint density at radius 2 is 2.00 bits per heavy atom. The molecular weight excluding hydrogens is 371 g/mol. The van der Waals surface area contributed by atoms with Crippen LogP contribution in [0, 0.1) is 12.7 Å². The summed E-state index contributed by atoms with van der Waals surface area (Å²) >= 11 is 0. The molecule has 0 fully saturated rings. The molecule has 0 aliphatic heterocycles. The molecule has 1 aromatic carbocycles. The second-order valence-electron chi connectivity index (χ2n) is 6.76. The molecule has 0 aliphatic carbocycles. The minimum atomic E-state index is -0.326. The van der Waals surface area contributed by atoms with E-state index < -0.39 is 0 Å². The number of imidazole rings is 2. The molecule has 4 heterocycles. The van der Waals surface area contributed by atoms with Crippen molar-refractivity contribution in [2.75, 3.05) is 5.32 Å². The van der Waals surface area contributed by atoms with Gasteiger partial charge in [-0.25, -0.2) is 29.3 Å². The van der Waals surface area contributed by atoms with Gasteiger partial charge in [0.25, 0.3) is 0 Å². The first-order valence-electron chi connectivity index (χ1n) is 9.13. The van der Waals surface area contributed by atoms with Crippen molar-refractivity contribution in [1.29, 1.82) is 0 Å². The summed E-state index contributed by atoms with van der Waals surface area (Å²) in [4.78, 5) is 25.1. The van der Waals surface area contributed by atoms with Crippen molar-refractivity contribution in [3.63, 3.8) is 0 Å². The van der Waals surface area contributed by atoms with Gasteiger partial charge in [0.15, 0.2) is 11.5 Å². The standard InChI is InChI=1S/C20H17FN8/c1-11-4-3-5-16(26-11)29-15-8-13(21)6-7-14(15)28-20(29)12(2)27-19-17-18(23-9-22-17)24-10-25-19/h3-10,12H,1-2H3,(H2,22,23,24,25,27). The highest BCUT2D eigenvalue weighted by Crippen LogP contribution is 2.28. The van der Waals surface area contributed by atoms with E-state index in [1.54, 1.807) is 12.4 Å². The minimum absolute atomic E-state index is 0.262. The van der Waals surface area contributed by atoms with E-state index in [0.29, 0.717) is 39.7 Å². The van der Waals surface area contributed by atoms with Crippen molar-refractivity contribution in [3.8, 4) is 5.82 Å². The van der Waals surface area contributed by atoms with E-state index in [0.717, 1.165) is 5.69 Å². The van der Waals surface area contributed by atoms with Gasteiger partial charge in [-0.3, -0.25) is 4.57 Å². The number of aryl methyl sites for hydroxylation is 1. The Labute approximate surface area is 164 Å². The summed E-state index contributed by atoms with van der Waals surface area (Å²) in [7, 11) is 0. The van der Waals surface area contributed by atoms with Crippen molar-refractivity contribution in [2.45, 2.75) is 19.9 Å². The Balaban J connectivity index is 1.66. The molecule has 1 unspecified atom stereocenters. The fourth-order valence-electron chi connectivity index (χ4n) is 3.39. The maximum Gasteiger partial charge on any atom is 0.162 e. The third-order valence-electron chi connectivity index (χ3n) is 4.70. The SMILES string of the molecule is Cc1cccc(-n2c(C(C)Nc3ncnc4[nH]cnc34)nc3ccc(F)cc32)n1. The zero-order valence-corrected chi connectivity index (χ0v) is 15.8. The Bertz CT molecular complexity index is 1340. The van der Waals surface area contributed by atoms with E-state index in [1.165, 1.54) is 18.5 Å². The number of aromatic nitrogens is 7. The molecule has 29 heavy (non-hydrogen) atoms. The lowest BCUT2D eigenvalue weighted by molar-refractivity contribution is 0.629. The maximum absolute atomic E-state index is 14.0. The predicted molar refractivity (Wildman–Crippen MR) is 107 cm³/mol. The van der Waals surface area contributed by atoms with E-state index in [9.17, 15) is 4.39 Å². The third kappa shape index (κ3) is 2.96. The van der Waals surface area contributed by atoms with Gasteiger partial charge in [0.1, 0.15) is 29.3 Å². The zero-order valence-electron chi connectivity index (χ0n) is 15.8. The van der Waals surface area contributed by atoms with Gasteiger partial charge in [-0.05, 0) is 38.1 Å².